The van der Waals surface area contributed by atoms with Gasteiger partial charge in [0.1, 0.15) is 5.75 Å². The van der Waals surface area contributed by atoms with Crippen LogP contribution in [0.4, 0.5) is 11.4 Å². The standard InChI is InChI=1S/C31H48N2O/c1-8-9-10-11-12-13-14-15-16-17-20-34-30-26(4)22-27(23-28(30)31(5,6)7)32-33-29-19-18-24(2)21-25(29)3/h18-19,21-23H,8-17,20H2,1-7H3. The number of hydrogen-bond acceptors (Lipinski definition) is 3. The lowest BCUT2D eigenvalue weighted by Crippen LogP contribution is -2.14. The highest BCUT2D eigenvalue weighted by Crippen LogP contribution is 2.38. The van der Waals surface area contributed by atoms with Gasteiger partial charge in [-0.1, -0.05) is 103 Å². The summed E-state index contributed by atoms with van der Waals surface area (Å²) in [6.07, 6.45) is 13.4. The Labute approximate surface area is 209 Å². The third-order valence-electron chi connectivity index (χ3n) is 6.44. The van der Waals surface area contributed by atoms with E-state index in [-0.39, 0.29) is 5.41 Å². The lowest BCUT2D eigenvalue weighted by Gasteiger charge is -2.25. The van der Waals surface area contributed by atoms with Gasteiger partial charge < -0.3 is 4.74 Å². The lowest BCUT2D eigenvalue weighted by atomic mass is 9.85. The lowest BCUT2D eigenvalue weighted by molar-refractivity contribution is 0.294. The van der Waals surface area contributed by atoms with Gasteiger partial charge in [-0.3, -0.25) is 0 Å². The van der Waals surface area contributed by atoms with Gasteiger partial charge in [0.2, 0.25) is 0 Å². The van der Waals surface area contributed by atoms with E-state index in [9.17, 15) is 0 Å². The molecule has 3 nitrogen and oxygen atoms in total. The minimum atomic E-state index is -0.0246. The molecule has 0 bridgehead atoms. The molecule has 34 heavy (non-hydrogen) atoms. The molecule has 0 aliphatic heterocycles. The van der Waals surface area contributed by atoms with Crippen molar-refractivity contribution in [1.82, 2.24) is 0 Å². The molecule has 0 N–H and O–H groups in total. The number of hydrogen-bond donors (Lipinski definition) is 0. The highest BCUT2D eigenvalue weighted by atomic mass is 16.5. The van der Waals surface area contributed by atoms with E-state index in [0.29, 0.717) is 0 Å². The maximum absolute atomic E-state index is 6.34. The van der Waals surface area contributed by atoms with Gasteiger partial charge in [-0.2, -0.15) is 10.2 Å². The predicted molar refractivity (Wildman–Crippen MR) is 147 cm³/mol. The van der Waals surface area contributed by atoms with Crippen LogP contribution in [0.15, 0.2) is 40.6 Å². The Bertz CT molecular complexity index is 908. The molecule has 0 spiro atoms. The van der Waals surface area contributed by atoms with Gasteiger partial charge in [0, 0.05) is 5.56 Å². The molecule has 0 unspecified atom stereocenters. The van der Waals surface area contributed by atoms with Crippen molar-refractivity contribution in [3.63, 3.8) is 0 Å². The van der Waals surface area contributed by atoms with E-state index in [1.165, 1.54) is 68.9 Å². The van der Waals surface area contributed by atoms with Crippen LogP contribution in [0.2, 0.25) is 0 Å². The van der Waals surface area contributed by atoms with Gasteiger partial charge in [0.05, 0.1) is 18.0 Å². The SMILES string of the molecule is CCCCCCCCCCCCOc1c(C)cc(N=Nc2ccc(C)cc2C)cc1C(C)(C)C. The molecule has 0 amide bonds. The highest BCUT2D eigenvalue weighted by molar-refractivity contribution is 5.55. The Kier molecular flexibility index (Phi) is 11.8. The van der Waals surface area contributed by atoms with Crippen LogP contribution in [0, 0.1) is 20.8 Å². The van der Waals surface area contributed by atoms with Gasteiger partial charge in [-0.05, 0) is 61.9 Å². The second-order valence-corrected chi connectivity index (χ2v) is 10.9. The molecule has 0 aromatic heterocycles. The molecule has 0 radical (unpaired) electrons. The minimum Gasteiger partial charge on any atom is -0.493 e. The van der Waals surface area contributed by atoms with Gasteiger partial charge in [0.15, 0.2) is 0 Å². The first-order chi connectivity index (χ1) is 16.2. The summed E-state index contributed by atoms with van der Waals surface area (Å²) in [5.41, 5.74) is 6.50. The normalized spacial score (nSPS) is 12.0. The van der Waals surface area contributed by atoms with Crippen LogP contribution in [0.5, 0.6) is 5.75 Å². The van der Waals surface area contributed by atoms with E-state index in [4.69, 9.17) is 4.74 Å². The van der Waals surface area contributed by atoms with Gasteiger partial charge >= 0.3 is 0 Å². The molecule has 0 aliphatic rings. The van der Waals surface area contributed by atoms with Crippen LogP contribution in [-0.4, -0.2) is 6.61 Å². The number of ether oxygens (including phenoxy) is 1. The topological polar surface area (TPSA) is 34.0 Å². The van der Waals surface area contributed by atoms with Crippen LogP contribution in [-0.2, 0) is 5.41 Å². The fourth-order valence-electron chi connectivity index (χ4n) is 4.35. The van der Waals surface area contributed by atoms with Crippen molar-refractivity contribution in [3.05, 3.63) is 52.6 Å². The molecule has 2 rings (SSSR count). The van der Waals surface area contributed by atoms with Gasteiger partial charge in [-0.15, -0.1) is 0 Å². The second-order valence-electron chi connectivity index (χ2n) is 10.9. The predicted octanol–water partition coefficient (Wildman–Crippen LogP) is 10.6. The minimum absolute atomic E-state index is 0.0246. The molecule has 0 fully saturated rings. The molecular formula is C31H48N2O. The number of aryl methyl sites for hydroxylation is 3. The third kappa shape index (κ3) is 9.60. The highest BCUT2D eigenvalue weighted by Gasteiger charge is 2.22. The molecule has 2 aromatic carbocycles. The molecule has 0 heterocycles. The summed E-state index contributed by atoms with van der Waals surface area (Å²) in [6.45, 7) is 16.1. The van der Waals surface area contributed by atoms with Crippen molar-refractivity contribution in [1.29, 1.82) is 0 Å². The van der Waals surface area contributed by atoms with Crippen molar-refractivity contribution in [2.45, 2.75) is 118 Å². The van der Waals surface area contributed by atoms with Crippen LogP contribution in [0.1, 0.15) is 114 Å². The maximum atomic E-state index is 6.34. The summed E-state index contributed by atoms with van der Waals surface area (Å²) in [6, 6.07) is 10.5. The zero-order valence-corrected chi connectivity index (χ0v) is 23.0. The maximum Gasteiger partial charge on any atom is 0.126 e. The van der Waals surface area contributed by atoms with E-state index < -0.39 is 0 Å². The van der Waals surface area contributed by atoms with Crippen LogP contribution in [0.3, 0.4) is 0 Å². The Hall–Kier alpha value is -2.16. The van der Waals surface area contributed by atoms with Crippen molar-refractivity contribution < 1.29 is 4.74 Å². The Morgan fingerprint density at radius 1 is 0.706 bits per heavy atom. The van der Waals surface area contributed by atoms with Crippen molar-refractivity contribution in [2.24, 2.45) is 10.2 Å². The summed E-state index contributed by atoms with van der Waals surface area (Å²) in [5.74, 6) is 1.02. The summed E-state index contributed by atoms with van der Waals surface area (Å²) in [7, 11) is 0. The number of unbranched alkanes of at least 4 members (excludes halogenated alkanes) is 9. The molecule has 0 atom stereocenters. The molecule has 2 aromatic rings. The summed E-state index contributed by atoms with van der Waals surface area (Å²) in [5, 5.41) is 9.10. The van der Waals surface area contributed by atoms with Crippen LogP contribution >= 0.6 is 0 Å². The summed E-state index contributed by atoms with van der Waals surface area (Å²) >= 11 is 0. The Balaban J connectivity index is 1.92. The molecule has 0 saturated heterocycles. The number of rotatable bonds is 14. The first kappa shape index (κ1) is 28.1. The Morgan fingerprint density at radius 3 is 1.91 bits per heavy atom. The zero-order valence-electron chi connectivity index (χ0n) is 23.0. The summed E-state index contributed by atoms with van der Waals surface area (Å²) < 4.78 is 6.34. The van der Waals surface area contributed by atoms with Crippen molar-refractivity contribution >= 4 is 11.4 Å². The molecule has 188 valence electrons. The van der Waals surface area contributed by atoms with E-state index in [1.807, 2.05) is 6.07 Å². The first-order valence-corrected chi connectivity index (χ1v) is 13.5. The van der Waals surface area contributed by atoms with E-state index >= 15 is 0 Å². The van der Waals surface area contributed by atoms with Crippen molar-refractivity contribution in [3.8, 4) is 5.75 Å². The fraction of sp³-hybridized carbons (Fsp3) is 0.613. The largest absolute Gasteiger partial charge is 0.493 e. The quantitative estimate of drug-likeness (QED) is 0.202. The average Bonchev–Trinajstić information content (AvgIpc) is 2.77. The van der Waals surface area contributed by atoms with E-state index in [1.54, 1.807) is 0 Å². The Morgan fingerprint density at radius 2 is 1.32 bits per heavy atom. The number of benzene rings is 2. The summed E-state index contributed by atoms with van der Waals surface area (Å²) in [4.78, 5) is 0. The second kappa shape index (κ2) is 14.3. The van der Waals surface area contributed by atoms with Crippen LogP contribution in [0.25, 0.3) is 0 Å². The van der Waals surface area contributed by atoms with Crippen LogP contribution < -0.4 is 4.74 Å². The van der Waals surface area contributed by atoms with Gasteiger partial charge in [-0.25, -0.2) is 0 Å². The van der Waals surface area contributed by atoms with Crippen molar-refractivity contribution in [2.75, 3.05) is 6.61 Å². The van der Waals surface area contributed by atoms with E-state index in [0.717, 1.165) is 41.3 Å². The third-order valence-corrected chi connectivity index (χ3v) is 6.44. The zero-order chi connectivity index (χ0) is 25.0. The van der Waals surface area contributed by atoms with E-state index in [2.05, 4.69) is 83.0 Å². The van der Waals surface area contributed by atoms with Gasteiger partial charge in [0.25, 0.3) is 0 Å². The molecule has 3 heteroatoms. The fourth-order valence-corrected chi connectivity index (χ4v) is 4.35. The average molecular weight is 465 g/mol. The smallest absolute Gasteiger partial charge is 0.126 e. The molecule has 0 aliphatic carbocycles. The number of azo groups is 1. The molecule has 0 saturated carbocycles. The number of nitrogens with zero attached hydrogens (tertiary/aromatic N) is 2. The molecular weight excluding hydrogens is 416 g/mol. The monoisotopic (exact) mass is 464 g/mol. The first-order valence-electron chi connectivity index (χ1n) is 13.5.